The van der Waals surface area contributed by atoms with Gasteiger partial charge in [-0.1, -0.05) is 24.3 Å². The summed E-state index contributed by atoms with van der Waals surface area (Å²) < 4.78 is 26.9. The van der Waals surface area contributed by atoms with E-state index in [0.717, 1.165) is 16.8 Å². The monoisotopic (exact) mass is 626 g/mol. The molecule has 0 bridgehead atoms. The molecule has 0 aliphatic carbocycles. The van der Waals surface area contributed by atoms with Gasteiger partial charge in [0.15, 0.2) is 0 Å². The molecule has 6 rings (SSSR count). The minimum Gasteiger partial charge on any atom is -0.383 e. The molecule has 2 aromatic heterocycles. The lowest BCUT2D eigenvalue weighted by molar-refractivity contribution is 0.627. The first kappa shape index (κ1) is 30.4. The second-order valence-electron chi connectivity index (χ2n) is 10.6. The predicted molar refractivity (Wildman–Crippen MR) is 181 cm³/mol. The average molecular weight is 627 g/mol. The van der Waals surface area contributed by atoms with Crippen LogP contribution >= 0.6 is 0 Å². The molecule has 0 atom stereocenters. The Labute approximate surface area is 269 Å². The van der Waals surface area contributed by atoms with Gasteiger partial charge in [0.25, 0.3) is 0 Å². The Hall–Kier alpha value is -6.61. The number of nitrogen functional groups attached to an aromatic ring is 1. The van der Waals surface area contributed by atoms with E-state index >= 15 is 0 Å². The van der Waals surface area contributed by atoms with Crippen molar-refractivity contribution < 1.29 is 8.78 Å². The van der Waals surface area contributed by atoms with Crippen LogP contribution in [0.4, 0.5) is 55.2 Å². The molecule has 12 heteroatoms. The molecule has 0 saturated heterocycles. The number of nitrogens with two attached hydrogens (primary N) is 1. The first-order chi connectivity index (χ1) is 22.7. The zero-order valence-corrected chi connectivity index (χ0v) is 25.3. The molecule has 0 fully saturated rings. The zero-order valence-electron chi connectivity index (χ0n) is 25.3. The molecule has 0 aliphatic heterocycles. The van der Waals surface area contributed by atoms with Gasteiger partial charge in [-0.3, -0.25) is 0 Å². The van der Waals surface area contributed by atoms with Gasteiger partial charge in [0, 0.05) is 48.0 Å². The smallest absolute Gasteiger partial charge is 0.233 e. The van der Waals surface area contributed by atoms with E-state index in [1.54, 1.807) is 24.3 Å². The Balaban J connectivity index is 1.28. The van der Waals surface area contributed by atoms with E-state index in [0.29, 0.717) is 33.9 Å². The highest BCUT2D eigenvalue weighted by atomic mass is 19.1. The highest BCUT2D eigenvalue weighted by molar-refractivity contribution is 5.81. The molecule has 0 amide bonds. The summed E-state index contributed by atoms with van der Waals surface area (Å²) in [7, 11) is 3.93. The summed E-state index contributed by atoms with van der Waals surface area (Å²) in [5.41, 5.74) is 12.3. The molecule has 6 aromatic rings. The topological polar surface area (TPSA) is 141 Å². The number of halogens is 2. The molecule has 0 aliphatic rings. The molecule has 2 heterocycles. The SMILES string of the molecule is CN(C)c1ccc(-c2cc(-c3ccc(Nc4nc(Nc5ccc(F)cc5)nc(Nc5ccc(F)cc5)n4)cc3)nc(N)c2C#N)cc1. The van der Waals surface area contributed by atoms with Crippen molar-refractivity contribution in [2.24, 2.45) is 0 Å². The quantitative estimate of drug-likeness (QED) is 0.127. The van der Waals surface area contributed by atoms with Crippen LogP contribution < -0.4 is 26.6 Å². The first-order valence-electron chi connectivity index (χ1n) is 14.4. The van der Waals surface area contributed by atoms with Crippen molar-refractivity contribution in [1.82, 2.24) is 19.9 Å². The van der Waals surface area contributed by atoms with Crippen LogP contribution in [0.3, 0.4) is 0 Å². The van der Waals surface area contributed by atoms with Gasteiger partial charge in [0.2, 0.25) is 17.8 Å². The Morgan fingerprint density at radius 1 is 0.617 bits per heavy atom. The van der Waals surface area contributed by atoms with E-state index in [4.69, 9.17) is 5.73 Å². The number of aromatic nitrogens is 4. The lowest BCUT2D eigenvalue weighted by Gasteiger charge is -2.14. The van der Waals surface area contributed by atoms with Crippen LogP contribution in [0.1, 0.15) is 5.56 Å². The van der Waals surface area contributed by atoms with E-state index in [1.165, 1.54) is 24.3 Å². The molecule has 232 valence electrons. The fraction of sp³-hybridized carbons (Fsp3) is 0.0571. The lowest BCUT2D eigenvalue weighted by atomic mass is 9.98. The maximum Gasteiger partial charge on any atom is 0.233 e. The normalized spacial score (nSPS) is 10.6. The highest BCUT2D eigenvalue weighted by Crippen LogP contribution is 2.33. The first-order valence-corrected chi connectivity index (χ1v) is 14.4. The molecule has 0 radical (unpaired) electrons. The highest BCUT2D eigenvalue weighted by Gasteiger charge is 2.15. The fourth-order valence-electron chi connectivity index (χ4n) is 4.72. The summed E-state index contributed by atoms with van der Waals surface area (Å²) in [6.07, 6.45) is 0. The van der Waals surface area contributed by atoms with Crippen LogP contribution in [-0.4, -0.2) is 34.0 Å². The van der Waals surface area contributed by atoms with Crippen LogP contribution in [0.5, 0.6) is 0 Å². The van der Waals surface area contributed by atoms with Crippen LogP contribution in [-0.2, 0) is 0 Å². The van der Waals surface area contributed by atoms with Gasteiger partial charge in [0.05, 0.1) is 5.69 Å². The molecule has 4 aromatic carbocycles. The van der Waals surface area contributed by atoms with Crippen molar-refractivity contribution in [3.05, 3.63) is 120 Å². The summed E-state index contributed by atoms with van der Waals surface area (Å²) in [6.45, 7) is 0. The largest absolute Gasteiger partial charge is 0.383 e. The molecule has 0 spiro atoms. The maximum absolute atomic E-state index is 13.5. The third-order valence-corrected chi connectivity index (χ3v) is 7.13. The number of pyridine rings is 1. The van der Waals surface area contributed by atoms with Crippen molar-refractivity contribution in [3.63, 3.8) is 0 Å². The Morgan fingerprint density at radius 3 is 1.47 bits per heavy atom. The molecular formula is C35H28F2N10. The van der Waals surface area contributed by atoms with Gasteiger partial charge in [-0.15, -0.1) is 0 Å². The number of nitrogens with zero attached hydrogens (tertiary/aromatic N) is 6. The fourth-order valence-corrected chi connectivity index (χ4v) is 4.72. The average Bonchev–Trinajstić information content (AvgIpc) is 3.07. The number of hydrogen-bond acceptors (Lipinski definition) is 10. The molecule has 47 heavy (non-hydrogen) atoms. The second-order valence-corrected chi connectivity index (χ2v) is 10.6. The van der Waals surface area contributed by atoms with Crippen molar-refractivity contribution in [2.45, 2.75) is 0 Å². The van der Waals surface area contributed by atoms with Gasteiger partial charge >= 0.3 is 0 Å². The van der Waals surface area contributed by atoms with Crippen molar-refractivity contribution in [1.29, 1.82) is 5.26 Å². The Bertz CT molecular complexity index is 1990. The predicted octanol–water partition coefficient (Wildman–Crippen LogP) is 7.63. The van der Waals surface area contributed by atoms with E-state index in [-0.39, 0.29) is 35.3 Å². The van der Waals surface area contributed by atoms with Crippen molar-refractivity contribution in [2.75, 3.05) is 40.7 Å². The van der Waals surface area contributed by atoms with E-state index in [1.807, 2.05) is 73.6 Å². The van der Waals surface area contributed by atoms with E-state index in [9.17, 15) is 14.0 Å². The summed E-state index contributed by atoms with van der Waals surface area (Å²) in [5.74, 6) is 0.00369. The number of rotatable bonds is 9. The number of benzene rings is 4. The van der Waals surface area contributed by atoms with E-state index < -0.39 is 0 Å². The van der Waals surface area contributed by atoms with Crippen LogP contribution in [0.15, 0.2) is 103 Å². The maximum atomic E-state index is 13.5. The summed E-state index contributed by atoms with van der Waals surface area (Å²) in [4.78, 5) is 19.9. The number of nitriles is 1. The van der Waals surface area contributed by atoms with Gasteiger partial charge < -0.3 is 26.6 Å². The summed E-state index contributed by atoms with van der Waals surface area (Å²) in [6, 6.07) is 30.8. The van der Waals surface area contributed by atoms with Gasteiger partial charge in [-0.2, -0.15) is 20.2 Å². The molecule has 5 N–H and O–H groups in total. The Morgan fingerprint density at radius 2 is 1.04 bits per heavy atom. The lowest BCUT2D eigenvalue weighted by Crippen LogP contribution is -2.08. The van der Waals surface area contributed by atoms with Gasteiger partial charge in [-0.25, -0.2) is 13.8 Å². The molecule has 10 nitrogen and oxygen atoms in total. The van der Waals surface area contributed by atoms with E-state index in [2.05, 4.69) is 42.0 Å². The standard InChI is InChI=1S/C35H28F2N10/c1-47(2)28-17-5-21(6-18-28)29-19-31(43-32(39)30(29)20-38)22-3-11-25(12-4-22)40-33-44-34(41-26-13-7-23(36)8-14-26)46-35(45-33)42-27-15-9-24(37)10-16-27/h3-19H,1-2H3,(H2,39,43)(H3,40,41,42,44,45,46). The van der Waals surface area contributed by atoms with Crippen molar-refractivity contribution in [3.8, 4) is 28.5 Å². The van der Waals surface area contributed by atoms with Gasteiger partial charge in [-0.05, 0) is 84.4 Å². The third-order valence-electron chi connectivity index (χ3n) is 7.13. The molecular weight excluding hydrogens is 598 g/mol. The second kappa shape index (κ2) is 13.2. The minimum atomic E-state index is -0.371. The van der Waals surface area contributed by atoms with Crippen LogP contribution in [0.25, 0.3) is 22.4 Å². The van der Waals surface area contributed by atoms with Gasteiger partial charge in [0.1, 0.15) is 29.1 Å². The number of hydrogen-bond donors (Lipinski definition) is 4. The molecule has 0 saturated carbocycles. The number of anilines is 8. The Kier molecular flexibility index (Phi) is 8.52. The molecule has 0 unspecified atom stereocenters. The van der Waals surface area contributed by atoms with Crippen LogP contribution in [0.2, 0.25) is 0 Å². The zero-order chi connectivity index (χ0) is 32.9. The summed E-state index contributed by atoms with van der Waals surface area (Å²) in [5, 5.41) is 19.1. The van der Waals surface area contributed by atoms with Crippen LogP contribution in [0, 0.1) is 23.0 Å². The minimum absolute atomic E-state index is 0.145. The van der Waals surface area contributed by atoms with Crippen molar-refractivity contribution >= 4 is 46.4 Å². The number of nitrogens with one attached hydrogen (secondary N) is 3. The summed E-state index contributed by atoms with van der Waals surface area (Å²) >= 11 is 0. The third kappa shape index (κ3) is 7.21.